The Balaban J connectivity index is 1.82. The number of hydrogen-bond donors (Lipinski definition) is 1. The molecule has 0 saturated heterocycles. The predicted octanol–water partition coefficient (Wildman–Crippen LogP) is 5.00. The van der Waals surface area contributed by atoms with Crippen LogP contribution in [0, 0.1) is 13.8 Å². The lowest BCUT2D eigenvalue weighted by Gasteiger charge is -2.08. The summed E-state index contributed by atoms with van der Waals surface area (Å²) < 4.78 is 0. The molecule has 1 heterocycles. The molecule has 24 heavy (non-hydrogen) atoms. The molecular weight excluding hydrogens is 318 g/mol. The number of carbonyl (C=O) groups is 1. The quantitative estimate of drug-likeness (QED) is 0.684. The highest BCUT2D eigenvalue weighted by Gasteiger charge is 2.11. The standard InChI is InChI=1S/C20H17NO2S/c1-13-10-16(11-14(2)19(13)22)15-8-9-18(21-12-15)20(23)24-17-6-4-3-5-7-17/h3-12,22H,1-2H3. The molecule has 4 heteroatoms. The van der Waals surface area contributed by atoms with Crippen molar-refractivity contribution < 1.29 is 9.90 Å². The van der Waals surface area contributed by atoms with Crippen LogP contribution in [0.1, 0.15) is 21.6 Å². The third kappa shape index (κ3) is 3.49. The molecule has 2 aromatic carbocycles. The second-order valence-corrected chi connectivity index (χ2v) is 6.64. The molecule has 0 aliphatic carbocycles. The Kier molecular flexibility index (Phi) is 4.67. The monoisotopic (exact) mass is 335 g/mol. The first-order valence-corrected chi connectivity index (χ1v) is 8.40. The number of carbonyl (C=O) groups excluding carboxylic acids is 1. The fourth-order valence-electron chi connectivity index (χ4n) is 2.46. The molecule has 1 N–H and O–H groups in total. The van der Waals surface area contributed by atoms with Gasteiger partial charge in [0, 0.05) is 16.7 Å². The van der Waals surface area contributed by atoms with Crippen LogP contribution < -0.4 is 0 Å². The van der Waals surface area contributed by atoms with Gasteiger partial charge in [0.1, 0.15) is 11.4 Å². The Hall–Kier alpha value is -2.59. The van der Waals surface area contributed by atoms with E-state index in [-0.39, 0.29) is 5.12 Å². The van der Waals surface area contributed by atoms with Crippen LogP contribution in [0.3, 0.4) is 0 Å². The van der Waals surface area contributed by atoms with Crippen LogP contribution in [-0.2, 0) is 0 Å². The summed E-state index contributed by atoms with van der Waals surface area (Å²) in [5.74, 6) is 0.317. The average Bonchev–Trinajstić information content (AvgIpc) is 2.60. The molecule has 1 aromatic heterocycles. The highest BCUT2D eigenvalue weighted by molar-refractivity contribution is 8.14. The van der Waals surface area contributed by atoms with Crippen molar-refractivity contribution in [2.45, 2.75) is 18.7 Å². The molecule has 0 bridgehead atoms. The predicted molar refractivity (Wildman–Crippen MR) is 97.4 cm³/mol. The number of aromatic hydroxyl groups is 1. The van der Waals surface area contributed by atoms with Gasteiger partial charge in [0.05, 0.1) is 0 Å². The molecular formula is C20H17NO2S. The fraction of sp³-hybridized carbons (Fsp3) is 0.100. The fourth-order valence-corrected chi connectivity index (χ4v) is 3.19. The van der Waals surface area contributed by atoms with Crippen LogP contribution in [0.2, 0.25) is 0 Å². The SMILES string of the molecule is Cc1cc(-c2ccc(C(=O)Sc3ccccc3)nc2)cc(C)c1O. The number of aromatic nitrogens is 1. The Morgan fingerprint density at radius 1 is 0.958 bits per heavy atom. The van der Waals surface area contributed by atoms with Crippen molar-refractivity contribution in [2.24, 2.45) is 0 Å². The van der Waals surface area contributed by atoms with Crippen LogP contribution in [-0.4, -0.2) is 15.2 Å². The molecule has 3 rings (SSSR count). The van der Waals surface area contributed by atoms with Crippen molar-refractivity contribution in [3.05, 3.63) is 77.6 Å². The summed E-state index contributed by atoms with van der Waals surface area (Å²) in [4.78, 5) is 17.5. The van der Waals surface area contributed by atoms with E-state index in [2.05, 4.69) is 4.98 Å². The van der Waals surface area contributed by atoms with Gasteiger partial charge in [-0.2, -0.15) is 0 Å². The molecule has 0 spiro atoms. The molecule has 0 fully saturated rings. The van der Waals surface area contributed by atoms with E-state index in [4.69, 9.17) is 0 Å². The number of nitrogens with zero attached hydrogens (tertiary/aromatic N) is 1. The number of hydrogen-bond acceptors (Lipinski definition) is 4. The van der Waals surface area contributed by atoms with Crippen LogP contribution in [0.25, 0.3) is 11.1 Å². The summed E-state index contributed by atoms with van der Waals surface area (Å²) in [6.07, 6.45) is 1.70. The number of phenolic OH excluding ortho intramolecular Hbond substituents is 1. The summed E-state index contributed by atoms with van der Waals surface area (Å²) in [7, 11) is 0. The van der Waals surface area contributed by atoms with Gasteiger partial charge in [-0.15, -0.1) is 0 Å². The number of rotatable bonds is 3. The maximum Gasteiger partial charge on any atom is 0.242 e. The van der Waals surface area contributed by atoms with Crippen molar-refractivity contribution in [1.82, 2.24) is 4.98 Å². The lowest BCUT2D eigenvalue weighted by molar-refractivity contribution is 0.108. The van der Waals surface area contributed by atoms with Crippen LogP contribution in [0.5, 0.6) is 5.75 Å². The van der Waals surface area contributed by atoms with Crippen molar-refractivity contribution >= 4 is 16.9 Å². The molecule has 0 aliphatic heterocycles. The Morgan fingerprint density at radius 3 is 2.21 bits per heavy atom. The van der Waals surface area contributed by atoms with E-state index in [0.717, 1.165) is 27.1 Å². The summed E-state index contributed by atoms with van der Waals surface area (Å²) in [5.41, 5.74) is 3.97. The second kappa shape index (κ2) is 6.89. The first kappa shape index (κ1) is 16.3. The molecule has 0 saturated carbocycles. The number of thioether (sulfide) groups is 1. The first-order chi connectivity index (χ1) is 11.5. The summed E-state index contributed by atoms with van der Waals surface area (Å²) in [6.45, 7) is 3.74. The highest BCUT2D eigenvalue weighted by atomic mass is 32.2. The van der Waals surface area contributed by atoms with Gasteiger partial charge in [-0.25, -0.2) is 0 Å². The van der Waals surface area contributed by atoms with E-state index in [9.17, 15) is 9.90 Å². The van der Waals surface area contributed by atoms with E-state index in [1.54, 1.807) is 12.3 Å². The largest absolute Gasteiger partial charge is 0.507 e. The van der Waals surface area contributed by atoms with Gasteiger partial charge in [-0.05, 0) is 72.6 Å². The number of aryl methyl sites for hydroxylation is 2. The molecule has 120 valence electrons. The maximum atomic E-state index is 12.3. The van der Waals surface area contributed by atoms with Crippen molar-refractivity contribution in [3.8, 4) is 16.9 Å². The molecule has 0 atom stereocenters. The molecule has 3 aromatic rings. The average molecular weight is 335 g/mol. The zero-order chi connectivity index (χ0) is 17.1. The number of phenols is 1. The Bertz CT molecular complexity index is 851. The zero-order valence-corrected chi connectivity index (χ0v) is 14.3. The second-order valence-electron chi connectivity index (χ2n) is 5.59. The summed E-state index contributed by atoms with van der Waals surface area (Å²) in [6, 6.07) is 17.0. The Labute approximate surface area is 145 Å². The van der Waals surface area contributed by atoms with E-state index in [1.807, 2.05) is 62.4 Å². The number of pyridine rings is 1. The third-order valence-corrected chi connectivity index (χ3v) is 4.65. The summed E-state index contributed by atoms with van der Waals surface area (Å²) in [5, 5.41) is 9.79. The van der Waals surface area contributed by atoms with Gasteiger partial charge >= 0.3 is 0 Å². The van der Waals surface area contributed by atoms with Crippen LogP contribution >= 0.6 is 11.8 Å². The van der Waals surface area contributed by atoms with E-state index >= 15 is 0 Å². The van der Waals surface area contributed by atoms with Crippen molar-refractivity contribution in [2.75, 3.05) is 0 Å². The third-order valence-electron chi connectivity index (χ3n) is 3.75. The zero-order valence-electron chi connectivity index (χ0n) is 13.5. The summed E-state index contributed by atoms with van der Waals surface area (Å²) >= 11 is 1.17. The minimum absolute atomic E-state index is 0.0779. The minimum Gasteiger partial charge on any atom is -0.507 e. The van der Waals surface area contributed by atoms with Crippen LogP contribution in [0.4, 0.5) is 0 Å². The van der Waals surface area contributed by atoms with E-state index in [0.29, 0.717) is 11.4 Å². The molecule has 0 unspecified atom stereocenters. The van der Waals surface area contributed by atoms with Gasteiger partial charge in [-0.1, -0.05) is 24.3 Å². The normalized spacial score (nSPS) is 10.6. The molecule has 3 nitrogen and oxygen atoms in total. The van der Waals surface area contributed by atoms with Gasteiger partial charge in [-0.3, -0.25) is 9.78 Å². The van der Waals surface area contributed by atoms with Gasteiger partial charge < -0.3 is 5.11 Å². The maximum absolute atomic E-state index is 12.3. The van der Waals surface area contributed by atoms with Gasteiger partial charge in [0.2, 0.25) is 5.12 Å². The first-order valence-electron chi connectivity index (χ1n) is 7.58. The van der Waals surface area contributed by atoms with Gasteiger partial charge in [0.15, 0.2) is 0 Å². The molecule has 0 radical (unpaired) electrons. The Morgan fingerprint density at radius 2 is 1.62 bits per heavy atom. The topological polar surface area (TPSA) is 50.2 Å². The lowest BCUT2D eigenvalue weighted by Crippen LogP contribution is -1.97. The van der Waals surface area contributed by atoms with Crippen molar-refractivity contribution in [1.29, 1.82) is 0 Å². The van der Waals surface area contributed by atoms with E-state index in [1.165, 1.54) is 11.8 Å². The lowest BCUT2D eigenvalue weighted by atomic mass is 10.0. The molecule has 0 aliphatic rings. The molecule has 0 amide bonds. The van der Waals surface area contributed by atoms with Gasteiger partial charge in [0.25, 0.3) is 0 Å². The van der Waals surface area contributed by atoms with E-state index < -0.39 is 0 Å². The minimum atomic E-state index is -0.0779. The smallest absolute Gasteiger partial charge is 0.242 e. The number of benzene rings is 2. The van der Waals surface area contributed by atoms with Crippen LogP contribution in [0.15, 0.2) is 65.7 Å². The van der Waals surface area contributed by atoms with Crippen molar-refractivity contribution in [3.63, 3.8) is 0 Å². The highest BCUT2D eigenvalue weighted by Crippen LogP contribution is 2.29.